The van der Waals surface area contributed by atoms with E-state index in [1.54, 1.807) is 49.4 Å². The van der Waals surface area contributed by atoms with Crippen molar-refractivity contribution in [2.45, 2.75) is 24.3 Å². The standard InChI is InChI=1S/C16H17NO4S/c1-12-7-5-6-10-15(12)22(20,21)17-14(16(18)19)11-13-8-3-2-4-9-13/h2-10,14,17H,11H2,1H3,(H,18,19). The average molecular weight is 319 g/mol. The summed E-state index contributed by atoms with van der Waals surface area (Å²) in [6.07, 6.45) is 0.0846. The van der Waals surface area contributed by atoms with Gasteiger partial charge in [-0.25, -0.2) is 8.42 Å². The van der Waals surface area contributed by atoms with Crippen molar-refractivity contribution in [1.29, 1.82) is 0 Å². The molecular weight excluding hydrogens is 302 g/mol. The fourth-order valence-electron chi connectivity index (χ4n) is 2.14. The molecule has 22 heavy (non-hydrogen) atoms. The number of carbonyl (C=O) groups is 1. The molecule has 0 radical (unpaired) electrons. The van der Waals surface area contributed by atoms with Gasteiger partial charge in [0.05, 0.1) is 4.90 Å². The van der Waals surface area contributed by atoms with Gasteiger partial charge in [-0.05, 0) is 30.5 Å². The first-order valence-electron chi connectivity index (χ1n) is 6.75. The Balaban J connectivity index is 2.24. The zero-order chi connectivity index (χ0) is 16.2. The van der Waals surface area contributed by atoms with Gasteiger partial charge >= 0.3 is 5.97 Å². The van der Waals surface area contributed by atoms with E-state index in [-0.39, 0.29) is 11.3 Å². The molecule has 5 nitrogen and oxygen atoms in total. The lowest BCUT2D eigenvalue weighted by atomic mass is 10.1. The molecule has 0 spiro atoms. The first kappa shape index (κ1) is 16.2. The Hall–Kier alpha value is -2.18. The summed E-state index contributed by atoms with van der Waals surface area (Å²) in [5, 5.41) is 9.29. The Morgan fingerprint density at radius 3 is 2.27 bits per heavy atom. The summed E-state index contributed by atoms with van der Waals surface area (Å²) in [6, 6.07) is 14.1. The number of rotatable bonds is 6. The van der Waals surface area contributed by atoms with Crippen LogP contribution in [0, 0.1) is 6.92 Å². The second kappa shape index (κ2) is 6.72. The number of nitrogens with one attached hydrogen (secondary N) is 1. The molecule has 2 aromatic carbocycles. The van der Waals surface area contributed by atoms with Crippen LogP contribution in [0.3, 0.4) is 0 Å². The van der Waals surface area contributed by atoms with Gasteiger partial charge < -0.3 is 5.11 Å². The van der Waals surface area contributed by atoms with E-state index < -0.39 is 22.0 Å². The van der Waals surface area contributed by atoms with E-state index in [2.05, 4.69) is 4.72 Å². The molecule has 0 bridgehead atoms. The molecule has 0 aliphatic rings. The van der Waals surface area contributed by atoms with E-state index in [9.17, 15) is 18.3 Å². The van der Waals surface area contributed by atoms with Crippen LogP contribution < -0.4 is 4.72 Å². The minimum Gasteiger partial charge on any atom is -0.480 e. The zero-order valence-corrected chi connectivity index (χ0v) is 12.9. The van der Waals surface area contributed by atoms with Crippen molar-refractivity contribution in [3.05, 3.63) is 65.7 Å². The molecule has 2 N–H and O–H groups in total. The molecule has 0 heterocycles. The summed E-state index contributed by atoms with van der Waals surface area (Å²) in [7, 11) is -3.89. The summed E-state index contributed by atoms with van der Waals surface area (Å²) in [6.45, 7) is 1.67. The number of benzene rings is 2. The minimum atomic E-state index is -3.89. The largest absolute Gasteiger partial charge is 0.480 e. The van der Waals surface area contributed by atoms with E-state index >= 15 is 0 Å². The Bertz CT molecular complexity index is 757. The number of aryl methyl sites for hydroxylation is 1. The molecule has 116 valence electrons. The van der Waals surface area contributed by atoms with E-state index in [4.69, 9.17) is 0 Å². The Labute approximate surface area is 129 Å². The number of carboxylic acid groups (broad SMARTS) is 1. The van der Waals surface area contributed by atoms with Crippen LogP contribution in [-0.4, -0.2) is 25.5 Å². The molecular formula is C16H17NO4S. The van der Waals surface area contributed by atoms with Crippen molar-refractivity contribution in [3.8, 4) is 0 Å². The van der Waals surface area contributed by atoms with Crippen LogP contribution in [-0.2, 0) is 21.2 Å². The highest BCUT2D eigenvalue weighted by atomic mass is 32.2. The summed E-state index contributed by atoms with van der Waals surface area (Å²) < 4.78 is 27.0. The summed E-state index contributed by atoms with van der Waals surface area (Å²) in [5.74, 6) is -1.21. The molecule has 0 aliphatic heterocycles. The number of hydrogen-bond donors (Lipinski definition) is 2. The highest BCUT2D eigenvalue weighted by molar-refractivity contribution is 7.89. The maximum absolute atomic E-state index is 12.4. The Kier molecular flexibility index (Phi) is 4.95. The minimum absolute atomic E-state index is 0.0846. The lowest BCUT2D eigenvalue weighted by Crippen LogP contribution is -2.42. The summed E-state index contributed by atoms with van der Waals surface area (Å²) in [4.78, 5) is 11.5. The van der Waals surface area contributed by atoms with Crippen LogP contribution in [0.5, 0.6) is 0 Å². The van der Waals surface area contributed by atoms with Crippen molar-refractivity contribution >= 4 is 16.0 Å². The summed E-state index contributed by atoms with van der Waals surface area (Å²) in [5.41, 5.74) is 1.32. The van der Waals surface area contributed by atoms with Crippen LogP contribution in [0.4, 0.5) is 0 Å². The molecule has 0 saturated carbocycles. The van der Waals surface area contributed by atoms with Gasteiger partial charge in [-0.3, -0.25) is 4.79 Å². The molecule has 6 heteroatoms. The van der Waals surface area contributed by atoms with Crippen LogP contribution in [0.15, 0.2) is 59.5 Å². The topological polar surface area (TPSA) is 83.5 Å². The van der Waals surface area contributed by atoms with Gasteiger partial charge in [0.25, 0.3) is 0 Å². The fraction of sp³-hybridized carbons (Fsp3) is 0.188. The van der Waals surface area contributed by atoms with Gasteiger partial charge in [0, 0.05) is 0 Å². The second-order valence-corrected chi connectivity index (χ2v) is 6.65. The molecule has 1 atom stereocenters. The normalized spacial score (nSPS) is 12.8. The molecule has 2 aromatic rings. The van der Waals surface area contributed by atoms with E-state index in [0.29, 0.717) is 5.56 Å². The smallest absolute Gasteiger partial charge is 0.322 e. The first-order chi connectivity index (χ1) is 10.4. The van der Waals surface area contributed by atoms with Gasteiger partial charge in [0.2, 0.25) is 10.0 Å². The molecule has 1 unspecified atom stereocenters. The van der Waals surface area contributed by atoms with E-state index in [1.807, 2.05) is 6.07 Å². The fourth-order valence-corrected chi connectivity index (χ4v) is 3.57. The predicted octanol–water partition coefficient (Wildman–Crippen LogP) is 1.97. The van der Waals surface area contributed by atoms with Gasteiger partial charge in [0.15, 0.2) is 0 Å². The molecule has 0 saturated heterocycles. The van der Waals surface area contributed by atoms with E-state index in [1.165, 1.54) is 6.07 Å². The van der Waals surface area contributed by atoms with Crippen molar-refractivity contribution in [3.63, 3.8) is 0 Å². The van der Waals surface area contributed by atoms with E-state index in [0.717, 1.165) is 5.56 Å². The van der Waals surface area contributed by atoms with Gasteiger partial charge in [-0.1, -0.05) is 48.5 Å². The van der Waals surface area contributed by atoms with Crippen LogP contribution in [0.2, 0.25) is 0 Å². The maximum Gasteiger partial charge on any atom is 0.322 e. The molecule has 2 rings (SSSR count). The second-order valence-electron chi connectivity index (χ2n) is 4.97. The predicted molar refractivity (Wildman–Crippen MR) is 83.1 cm³/mol. The van der Waals surface area contributed by atoms with Gasteiger partial charge in [0.1, 0.15) is 6.04 Å². The SMILES string of the molecule is Cc1ccccc1S(=O)(=O)NC(Cc1ccccc1)C(=O)O. The third-order valence-electron chi connectivity index (χ3n) is 3.26. The summed E-state index contributed by atoms with van der Waals surface area (Å²) >= 11 is 0. The van der Waals surface area contributed by atoms with Crippen molar-refractivity contribution in [2.75, 3.05) is 0 Å². The molecule has 0 amide bonds. The van der Waals surface area contributed by atoms with Crippen molar-refractivity contribution < 1.29 is 18.3 Å². The first-order valence-corrected chi connectivity index (χ1v) is 8.23. The van der Waals surface area contributed by atoms with Crippen molar-refractivity contribution in [1.82, 2.24) is 4.72 Å². The number of carboxylic acids is 1. The van der Waals surface area contributed by atoms with Gasteiger partial charge in [-0.15, -0.1) is 0 Å². The van der Waals surface area contributed by atoms with Crippen LogP contribution in [0.1, 0.15) is 11.1 Å². The van der Waals surface area contributed by atoms with Crippen molar-refractivity contribution in [2.24, 2.45) is 0 Å². The maximum atomic E-state index is 12.4. The highest BCUT2D eigenvalue weighted by Crippen LogP contribution is 2.15. The molecule has 0 aromatic heterocycles. The monoisotopic (exact) mass is 319 g/mol. The third-order valence-corrected chi connectivity index (χ3v) is 4.89. The van der Waals surface area contributed by atoms with Crippen LogP contribution in [0.25, 0.3) is 0 Å². The Morgan fingerprint density at radius 1 is 1.09 bits per heavy atom. The quantitative estimate of drug-likeness (QED) is 0.852. The number of sulfonamides is 1. The van der Waals surface area contributed by atoms with Crippen LogP contribution >= 0.6 is 0 Å². The number of hydrogen-bond acceptors (Lipinski definition) is 3. The number of aliphatic carboxylic acids is 1. The zero-order valence-electron chi connectivity index (χ0n) is 12.1. The Morgan fingerprint density at radius 2 is 1.68 bits per heavy atom. The molecule has 0 fully saturated rings. The molecule has 0 aliphatic carbocycles. The third kappa shape index (κ3) is 3.93. The van der Waals surface area contributed by atoms with Gasteiger partial charge in [-0.2, -0.15) is 4.72 Å². The lowest BCUT2D eigenvalue weighted by Gasteiger charge is -2.16. The average Bonchev–Trinajstić information content (AvgIpc) is 2.47. The highest BCUT2D eigenvalue weighted by Gasteiger charge is 2.26. The lowest BCUT2D eigenvalue weighted by molar-refractivity contribution is -0.138.